The summed E-state index contributed by atoms with van der Waals surface area (Å²) in [4.78, 5) is 30.0. The van der Waals surface area contributed by atoms with E-state index in [1.165, 1.54) is 12.1 Å². The van der Waals surface area contributed by atoms with Crippen LogP contribution < -0.4 is 5.56 Å². The van der Waals surface area contributed by atoms with Gasteiger partial charge >= 0.3 is 0 Å². The highest BCUT2D eigenvalue weighted by atomic mass is 35.5. The molecule has 7 heteroatoms. The summed E-state index contributed by atoms with van der Waals surface area (Å²) in [5, 5.41) is 7.78. The van der Waals surface area contributed by atoms with Gasteiger partial charge in [-0.25, -0.2) is 9.40 Å². The van der Waals surface area contributed by atoms with Crippen molar-refractivity contribution in [3.05, 3.63) is 141 Å². The van der Waals surface area contributed by atoms with Crippen molar-refractivity contribution in [1.82, 2.24) is 9.99 Å². The predicted octanol–water partition coefficient (Wildman–Crippen LogP) is 8.06. The Bertz CT molecular complexity index is 1850. The van der Waals surface area contributed by atoms with Gasteiger partial charge in [-0.2, -0.15) is 5.10 Å². The van der Waals surface area contributed by atoms with E-state index in [1.54, 1.807) is 23.2 Å². The summed E-state index contributed by atoms with van der Waals surface area (Å²) < 4.78 is 13.4. The molecule has 210 valence electrons. The highest BCUT2D eigenvalue weighted by Gasteiger charge is 2.35. The van der Waals surface area contributed by atoms with Crippen LogP contribution in [0, 0.1) is 5.82 Å². The Morgan fingerprint density at radius 1 is 0.976 bits per heavy atom. The highest BCUT2D eigenvalue weighted by molar-refractivity contribution is 6.31. The molecule has 1 aliphatic heterocycles. The lowest BCUT2D eigenvalue weighted by atomic mass is 9.91. The number of fused-ring (bicyclic) bond motifs is 1. The lowest BCUT2D eigenvalue weighted by Gasteiger charge is -2.22. The molecular formula is C35H29ClFN3O2. The summed E-state index contributed by atoms with van der Waals surface area (Å²) >= 11 is 6.42. The topological polar surface area (TPSA) is 65.5 Å². The van der Waals surface area contributed by atoms with Gasteiger partial charge in [-0.1, -0.05) is 85.3 Å². The lowest BCUT2D eigenvalue weighted by molar-refractivity contribution is -0.133. The van der Waals surface area contributed by atoms with E-state index in [0.717, 1.165) is 33.2 Å². The van der Waals surface area contributed by atoms with Crippen LogP contribution in [0.15, 0.2) is 107 Å². The molecule has 2 heterocycles. The van der Waals surface area contributed by atoms with Gasteiger partial charge in [-0.15, -0.1) is 0 Å². The minimum Gasteiger partial charge on any atom is -0.321 e. The summed E-state index contributed by atoms with van der Waals surface area (Å²) in [6, 6.07) is 29.3. The van der Waals surface area contributed by atoms with E-state index < -0.39 is 0 Å². The first kappa shape index (κ1) is 27.6. The molecule has 1 aliphatic rings. The molecule has 42 heavy (non-hydrogen) atoms. The molecule has 0 radical (unpaired) electrons. The number of carbonyl (C=O) groups excluding carboxylic acids is 1. The number of rotatable bonds is 7. The van der Waals surface area contributed by atoms with Crippen LogP contribution in [0.2, 0.25) is 5.02 Å². The molecule has 0 spiro atoms. The Morgan fingerprint density at radius 3 is 2.36 bits per heavy atom. The van der Waals surface area contributed by atoms with Gasteiger partial charge in [0.05, 0.1) is 17.3 Å². The highest BCUT2D eigenvalue weighted by Crippen LogP contribution is 2.36. The van der Waals surface area contributed by atoms with Gasteiger partial charge in [-0.05, 0) is 71.0 Å². The number of pyridine rings is 1. The predicted molar refractivity (Wildman–Crippen MR) is 166 cm³/mol. The molecule has 1 unspecified atom stereocenters. The van der Waals surface area contributed by atoms with E-state index in [2.05, 4.69) is 4.98 Å². The molecule has 4 aromatic carbocycles. The van der Waals surface area contributed by atoms with Crippen LogP contribution in [-0.2, 0) is 11.2 Å². The fourth-order valence-corrected chi connectivity index (χ4v) is 5.81. The first-order valence-electron chi connectivity index (χ1n) is 14.1. The van der Waals surface area contributed by atoms with E-state index in [-0.39, 0.29) is 23.3 Å². The summed E-state index contributed by atoms with van der Waals surface area (Å²) in [7, 11) is 0. The number of aromatic amines is 1. The van der Waals surface area contributed by atoms with Crippen molar-refractivity contribution in [2.24, 2.45) is 5.10 Å². The van der Waals surface area contributed by atoms with E-state index in [4.69, 9.17) is 16.7 Å². The Hall–Kier alpha value is -4.55. The molecule has 5 aromatic rings. The summed E-state index contributed by atoms with van der Waals surface area (Å²) in [6.45, 7) is 1.96. The second-order valence-corrected chi connectivity index (χ2v) is 11.0. The van der Waals surface area contributed by atoms with Gasteiger partial charge in [-0.3, -0.25) is 9.59 Å². The summed E-state index contributed by atoms with van der Waals surface area (Å²) in [5.41, 5.74) is 6.14. The number of halogens is 2. The van der Waals surface area contributed by atoms with Crippen molar-refractivity contribution in [2.75, 3.05) is 0 Å². The first-order valence-corrected chi connectivity index (χ1v) is 14.4. The van der Waals surface area contributed by atoms with Gasteiger partial charge in [0, 0.05) is 28.8 Å². The van der Waals surface area contributed by atoms with E-state index in [9.17, 15) is 14.0 Å². The van der Waals surface area contributed by atoms with Crippen LogP contribution >= 0.6 is 11.6 Å². The number of hydrogen-bond acceptors (Lipinski definition) is 3. The smallest absolute Gasteiger partial charge is 0.257 e. The SMILES string of the molecule is CCCC(=O)N1N=C(c2c(Cc3ccccc3)c3cc(Cl)ccc3[nH]c2=O)CC1c1ccc(-c2ccc(F)cc2)cc1. The van der Waals surface area contributed by atoms with Gasteiger partial charge < -0.3 is 4.98 Å². The number of benzene rings is 4. The molecule has 0 saturated carbocycles. The average molecular weight is 578 g/mol. The summed E-state index contributed by atoms with van der Waals surface area (Å²) in [6.07, 6.45) is 1.93. The van der Waals surface area contributed by atoms with E-state index in [1.807, 2.05) is 73.7 Å². The average Bonchev–Trinajstić information content (AvgIpc) is 3.44. The fourth-order valence-electron chi connectivity index (χ4n) is 5.64. The number of amides is 1. The van der Waals surface area contributed by atoms with Gasteiger partial charge in [0.2, 0.25) is 5.91 Å². The van der Waals surface area contributed by atoms with Crippen molar-refractivity contribution in [3.63, 3.8) is 0 Å². The summed E-state index contributed by atoms with van der Waals surface area (Å²) in [5.74, 6) is -0.376. The number of H-pyrrole nitrogens is 1. The molecule has 1 atom stereocenters. The Kier molecular flexibility index (Phi) is 7.72. The number of nitrogens with zero attached hydrogens (tertiary/aromatic N) is 2. The van der Waals surface area contributed by atoms with Crippen LogP contribution in [0.5, 0.6) is 0 Å². The number of hydrazone groups is 1. The molecule has 0 aliphatic carbocycles. The quantitative estimate of drug-likeness (QED) is 0.213. The number of hydrogen-bond donors (Lipinski definition) is 1. The van der Waals surface area contributed by atoms with E-state index in [0.29, 0.717) is 47.5 Å². The fraction of sp³-hybridized carbons (Fsp3) is 0.171. The maximum atomic E-state index is 13.7. The normalized spacial score (nSPS) is 14.8. The second kappa shape index (κ2) is 11.7. The van der Waals surface area contributed by atoms with E-state index >= 15 is 0 Å². The van der Waals surface area contributed by atoms with Crippen LogP contribution in [0.1, 0.15) is 54.5 Å². The monoisotopic (exact) mass is 577 g/mol. The van der Waals surface area contributed by atoms with Gasteiger partial charge in [0.25, 0.3) is 5.56 Å². The van der Waals surface area contributed by atoms with Crippen LogP contribution in [0.25, 0.3) is 22.0 Å². The molecule has 6 rings (SSSR count). The maximum absolute atomic E-state index is 13.7. The molecule has 5 nitrogen and oxygen atoms in total. The molecule has 0 bridgehead atoms. The molecule has 0 saturated heterocycles. The van der Waals surface area contributed by atoms with Crippen LogP contribution in [0.3, 0.4) is 0 Å². The molecule has 1 N–H and O–H groups in total. The van der Waals surface area contributed by atoms with Crippen LogP contribution in [-0.4, -0.2) is 21.6 Å². The van der Waals surface area contributed by atoms with Crippen LogP contribution in [0.4, 0.5) is 4.39 Å². The Morgan fingerprint density at radius 2 is 1.67 bits per heavy atom. The van der Waals surface area contributed by atoms with Gasteiger partial charge in [0.15, 0.2) is 0 Å². The number of aromatic nitrogens is 1. The maximum Gasteiger partial charge on any atom is 0.257 e. The zero-order chi connectivity index (χ0) is 29.2. The number of carbonyl (C=O) groups is 1. The zero-order valence-corrected chi connectivity index (χ0v) is 23.9. The zero-order valence-electron chi connectivity index (χ0n) is 23.1. The largest absolute Gasteiger partial charge is 0.321 e. The van der Waals surface area contributed by atoms with Crippen molar-refractivity contribution in [2.45, 2.75) is 38.6 Å². The Labute approximate surface area is 248 Å². The van der Waals surface area contributed by atoms with Crippen molar-refractivity contribution in [1.29, 1.82) is 0 Å². The second-order valence-electron chi connectivity index (χ2n) is 10.5. The minimum absolute atomic E-state index is 0.0926. The minimum atomic E-state index is -0.361. The molecule has 1 amide bonds. The van der Waals surface area contributed by atoms with Crippen molar-refractivity contribution >= 4 is 34.1 Å². The van der Waals surface area contributed by atoms with Crippen molar-refractivity contribution in [3.8, 4) is 11.1 Å². The standard InChI is InChI=1S/C35H29ClFN3O2/c1-2-6-33(41)40-32(25-11-9-23(10-12-25)24-13-16-27(37)17-14-24)21-31(39-40)34-29(19-22-7-4-3-5-8-22)28-20-26(36)15-18-30(28)38-35(34)42/h3-5,7-18,20,32H,2,6,19,21H2,1H3,(H,38,42). The molecular weight excluding hydrogens is 549 g/mol. The lowest BCUT2D eigenvalue weighted by Crippen LogP contribution is -2.26. The third-order valence-electron chi connectivity index (χ3n) is 7.70. The molecule has 0 fully saturated rings. The van der Waals surface area contributed by atoms with Crippen molar-refractivity contribution < 1.29 is 9.18 Å². The third kappa shape index (κ3) is 5.50. The number of nitrogens with one attached hydrogen (secondary N) is 1. The molecule has 1 aromatic heterocycles. The Balaban J connectivity index is 1.43. The first-order chi connectivity index (χ1) is 20.4. The van der Waals surface area contributed by atoms with Gasteiger partial charge in [0.1, 0.15) is 5.82 Å². The third-order valence-corrected chi connectivity index (χ3v) is 7.93.